The van der Waals surface area contributed by atoms with Gasteiger partial charge in [0.25, 0.3) is 5.91 Å². The average molecular weight is 568 g/mol. The molecule has 0 bridgehead atoms. The van der Waals surface area contributed by atoms with Crippen LogP contribution in [0.1, 0.15) is 22.0 Å². The van der Waals surface area contributed by atoms with Crippen molar-refractivity contribution in [3.8, 4) is 0 Å². The van der Waals surface area contributed by atoms with Crippen LogP contribution in [0.2, 0.25) is 0 Å². The lowest BCUT2D eigenvalue weighted by Gasteiger charge is -2.21. The molecule has 2 amide bonds. The third-order valence-electron chi connectivity index (χ3n) is 4.08. The number of rotatable bonds is 10. The second kappa shape index (κ2) is 12.0. The van der Waals surface area contributed by atoms with Gasteiger partial charge in [0.2, 0.25) is 5.91 Å². The minimum atomic E-state index is -1.54. The largest absolute Gasteiger partial charge is 0.394 e. The third kappa shape index (κ3) is 6.07. The molecule has 2 rings (SSSR count). The molecule has 0 aliphatic rings. The molecule has 0 aliphatic heterocycles. The molecule has 2 aromatic carbocycles. The van der Waals surface area contributed by atoms with E-state index in [2.05, 4.69) is 21.0 Å². The first-order chi connectivity index (χ1) is 15.2. The molecule has 0 spiro atoms. The second-order valence-electron chi connectivity index (χ2n) is 6.14. The van der Waals surface area contributed by atoms with E-state index in [1.165, 1.54) is 19.2 Å². The van der Waals surface area contributed by atoms with Gasteiger partial charge in [-0.25, -0.2) is 18.7 Å². The predicted octanol–water partition coefficient (Wildman–Crippen LogP) is 2.04. The quantitative estimate of drug-likeness (QED) is 0.169. The van der Waals surface area contributed by atoms with E-state index in [1.807, 2.05) is 28.1 Å². The van der Waals surface area contributed by atoms with Crippen LogP contribution in [-0.2, 0) is 14.5 Å². The number of benzene rings is 2. The number of hydroxylamine groups is 2. The van der Waals surface area contributed by atoms with Crippen molar-refractivity contribution in [3.05, 3.63) is 56.4 Å². The van der Waals surface area contributed by atoms with Crippen LogP contribution in [0.3, 0.4) is 0 Å². The van der Waals surface area contributed by atoms with E-state index in [9.17, 15) is 18.4 Å². The number of hydrogen-bond acceptors (Lipinski definition) is 7. The molecule has 0 saturated heterocycles. The molecule has 5 N–H and O–H groups in total. The van der Waals surface area contributed by atoms with E-state index in [-0.39, 0.29) is 12.3 Å². The van der Waals surface area contributed by atoms with Gasteiger partial charge in [-0.1, -0.05) is 0 Å². The minimum Gasteiger partial charge on any atom is -0.394 e. The van der Waals surface area contributed by atoms with Crippen molar-refractivity contribution in [2.75, 3.05) is 32.7 Å². The zero-order valence-electron chi connectivity index (χ0n) is 16.9. The van der Waals surface area contributed by atoms with Crippen molar-refractivity contribution in [2.45, 2.75) is 6.04 Å². The van der Waals surface area contributed by atoms with Crippen LogP contribution >= 0.6 is 22.6 Å². The lowest BCUT2D eigenvalue weighted by atomic mass is 10.00. The van der Waals surface area contributed by atoms with Crippen LogP contribution in [0.5, 0.6) is 0 Å². The highest BCUT2D eigenvalue weighted by Gasteiger charge is 2.30. The Hall–Kier alpha value is -2.46. The van der Waals surface area contributed by atoms with Crippen molar-refractivity contribution in [3.63, 3.8) is 0 Å². The number of likely N-dealkylation sites (N-methyl/N-ethyl adjacent to an activating group) is 1. The smallest absolute Gasteiger partial charge is 0.277 e. The van der Waals surface area contributed by atoms with Gasteiger partial charge >= 0.3 is 0 Å². The Morgan fingerprint density at radius 2 is 1.91 bits per heavy atom. The van der Waals surface area contributed by atoms with E-state index in [0.29, 0.717) is 3.57 Å². The Morgan fingerprint density at radius 3 is 2.50 bits per heavy atom. The summed E-state index contributed by atoms with van der Waals surface area (Å²) in [4.78, 5) is 34.2. The lowest BCUT2D eigenvalue weighted by molar-refractivity contribution is -0.126. The van der Waals surface area contributed by atoms with Gasteiger partial charge in [-0.3, -0.25) is 14.4 Å². The van der Waals surface area contributed by atoms with Gasteiger partial charge < -0.3 is 20.6 Å². The molecule has 0 aliphatic carbocycles. The summed E-state index contributed by atoms with van der Waals surface area (Å²) in [5.41, 5.74) is 2.22. The van der Waals surface area contributed by atoms with Crippen LogP contribution in [-0.4, -0.2) is 44.3 Å². The van der Waals surface area contributed by atoms with Gasteiger partial charge in [-0.2, -0.15) is 5.48 Å². The monoisotopic (exact) mass is 568 g/mol. The maximum absolute atomic E-state index is 15.1. The molecule has 0 heterocycles. The summed E-state index contributed by atoms with van der Waals surface area (Å²) in [7, 11) is 2.43. The molecule has 1 unspecified atom stereocenters. The fraction of sp³-hybridized carbons (Fsp3) is 0.263. The molecular formula is C19H20F3IN4O5. The molecule has 1 atom stereocenters. The standard InChI is InChI=1S/C19H20F3IN4O5/c1-24-19(30)17(26-31-2)10-8-11(18(29)27-32-6-5-28)16(15(22)14(10)21)25-13-4-3-9(23)7-12(13)20/h3-4,7-8,17,25-26,28H,5-6H2,1-2H3,(H,24,30)(H,27,29). The molecular weight excluding hydrogens is 548 g/mol. The van der Waals surface area contributed by atoms with Gasteiger partial charge in [-0.15, -0.1) is 0 Å². The van der Waals surface area contributed by atoms with E-state index in [1.54, 1.807) is 0 Å². The minimum absolute atomic E-state index is 0.223. The molecule has 0 fully saturated rings. The van der Waals surface area contributed by atoms with Crippen LogP contribution < -0.4 is 21.6 Å². The topological polar surface area (TPSA) is 121 Å². The first kappa shape index (κ1) is 25.8. The Bertz CT molecular complexity index is 996. The van der Waals surface area contributed by atoms with E-state index in [0.717, 1.165) is 19.2 Å². The van der Waals surface area contributed by atoms with Gasteiger partial charge in [0, 0.05) is 16.2 Å². The molecule has 0 radical (unpaired) electrons. The molecule has 0 saturated carbocycles. The second-order valence-corrected chi connectivity index (χ2v) is 7.38. The SMILES string of the molecule is CNC(=O)C(NOC)c1cc(C(=O)NOCCO)c(Nc2ccc(I)cc2F)c(F)c1F. The van der Waals surface area contributed by atoms with Gasteiger partial charge in [-0.05, 0) is 46.9 Å². The summed E-state index contributed by atoms with van der Waals surface area (Å²) >= 11 is 1.87. The fourth-order valence-electron chi connectivity index (χ4n) is 2.62. The summed E-state index contributed by atoms with van der Waals surface area (Å²) in [5, 5.41) is 13.4. The average Bonchev–Trinajstić information content (AvgIpc) is 2.77. The number of nitrogens with one attached hydrogen (secondary N) is 4. The highest BCUT2D eigenvalue weighted by molar-refractivity contribution is 14.1. The fourth-order valence-corrected chi connectivity index (χ4v) is 3.07. The first-order valence-electron chi connectivity index (χ1n) is 9.02. The van der Waals surface area contributed by atoms with Crippen LogP contribution in [0.15, 0.2) is 24.3 Å². The zero-order chi connectivity index (χ0) is 23.8. The van der Waals surface area contributed by atoms with Crippen molar-refractivity contribution in [1.29, 1.82) is 0 Å². The van der Waals surface area contributed by atoms with E-state index < -0.39 is 58.7 Å². The molecule has 13 heteroatoms. The van der Waals surface area contributed by atoms with Crippen molar-refractivity contribution in [2.24, 2.45) is 0 Å². The number of aliphatic hydroxyl groups is 1. The van der Waals surface area contributed by atoms with Crippen LogP contribution in [0, 0.1) is 21.0 Å². The van der Waals surface area contributed by atoms with Crippen LogP contribution in [0.25, 0.3) is 0 Å². The third-order valence-corrected chi connectivity index (χ3v) is 4.75. The number of amides is 2. The number of carbonyl (C=O) groups is 2. The van der Waals surface area contributed by atoms with Gasteiger partial charge in [0.05, 0.1) is 37.3 Å². The van der Waals surface area contributed by atoms with E-state index >= 15 is 4.39 Å². The van der Waals surface area contributed by atoms with Crippen molar-refractivity contribution in [1.82, 2.24) is 16.3 Å². The number of carbonyl (C=O) groups excluding carboxylic acids is 2. The predicted molar refractivity (Wildman–Crippen MR) is 116 cm³/mol. The molecule has 2 aromatic rings. The lowest BCUT2D eigenvalue weighted by Crippen LogP contribution is -2.36. The maximum Gasteiger partial charge on any atom is 0.277 e. The molecule has 174 valence electrons. The highest BCUT2D eigenvalue weighted by Crippen LogP contribution is 2.32. The maximum atomic E-state index is 15.1. The number of anilines is 2. The summed E-state index contributed by atoms with van der Waals surface area (Å²) in [6.45, 7) is -0.693. The summed E-state index contributed by atoms with van der Waals surface area (Å²) in [5.74, 6) is -5.60. The van der Waals surface area contributed by atoms with Gasteiger partial charge in [0.1, 0.15) is 11.9 Å². The zero-order valence-corrected chi connectivity index (χ0v) is 19.1. The Kier molecular flexibility index (Phi) is 9.64. The summed E-state index contributed by atoms with van der Waals surface area (Å²) < 4.78 is 44.9. The van der Waals surface area contributed by atoms with Crippen molar-refractivity contribution < 1.29 is 37.5 Å². The summed E-state index contributed by atoms with van der Waals surface area (Å²) in [6, 6.07) is 3.33. The summed E-state index contributed by atoms with van der Waals surface area (Å²) in [6.07, 6.45) is 0. The number of halogens is 4. The van der Waals surface area contributed by atoms with Crippen molar-refractivity contribution >= 4 is 45.8 Å². The molecule has 0 aromatic heterocycles. The highest BCUT2D eigenvalue weighted by atomic mass is 127. The normalized spacial score (nSPS) is 11.7. The Balaban J connectivity index is 2.63. The molecule has 32 heavy (non-hydrogen) atoms. The van der Waals surface area contributed by atoms with E-state index in [4.69, 9.17) is 9.94 Å². The van der Waals surface area contributed by atoms with Crippen LogP contribution in [0.4, 0.5) is 24.5 Å². The first-order valence-corrected chi connectivity index (χ1v) is 10.1. The Morgan fingerprint density at radius 1 is 1.19 bits per heavy atom. The van der Waals surface area contributed by atoms with Gasteiger partial charge in [0.15, 0.2) is 11.6 Å². The molecule has 9 nitrogen and oxygen atoms in total. The number of hydrogen-bond donors (Lipinski definition) is 5. The number of aliphatic hydroxyl groups excluding tert-OH is 1. The Labute approximate surface area is 194 Å².